The Bertz CT molecular complexity index is 470. The second-order valence-electron chi connectivity index (χ2n) is 3.82. The van der Waals surface area contributed by atoms with E-state index in [9.17, 15) is 9.18 Å². The minimum atomic E-state index is -2.10. The third kappa shape index (κ3) is 2.36. The van der Waals surface area contributed by atoms with Gasteiger partial charge in [-0.15, -0.1) is 0 Å². The Hall–Kier alpha value is -2.10. The number of para-hydroxylation sites is 1. The number of carboxylic acids is 1. The Kier molecular flexibility index (Phi) is 2.95. The van der Waals surface area contributed by atoms with Crippen LogP contribution in [0.2, 0.25) is 0 Å². The molecule has 0 bridgehead atoms. The van der Waals surface area contributed by atoms with Crippen LogP contribution in [0.4, 0.5) is 10.1 Å². The fourth-order valence-corrected chi connectivity index (χ4v) is 1.74. The summed E-state index contributed by atoms with van der Waals surface area (Å²) in [6.07, 6.45) is 5.58. The molecule has 3 nitrogen and oxygen atoms in total. The summed E-state index contributed by atoms with van der Waals surface area (Å²) in [4.78, 5) is 11.0. The molecule has 0 amide bonds. The van der Waals surface area contributed by atoms with Crippen molar-refractivity contribution in [3.8, 4) is 0 Å². The number of alkyl halides is 1. The third-order valence-corrected chi connectivity index (χ3v) is 2.58. The van der Waals surface area contributed by atoms with Crippen molar-refractivity contribution in [2.75, 3.05) is 5.32 Å². The van der Waals surface area contributed by atoms with Crippen LogP contribution >= 0.6 is 0 Å². The summed E-state index contributed by atoms with van der Waals surface area (Å²) in [5.41, 5.74) is 0.543. The molecule has 1 aliphatic carbocycles. The molecule has 88 valence electrons. The maximum absolute atomic E-state index is 14.5. The van der Waals surface area contributed by atoms with Crippen molar-refractivity contribution in [2.24, 2.45) is 5.92 Å². The molecule has 0 saturated carbocycles. The van der Waals surface area contributed by atoms with Gasteiger partial charge in [0.2, 0.25) is 5.79 Å². The molecule has 0 aromatic heterocycles. The quantitative estimate of drug-likeness (QED) is 0.789. The monoisotopic (exact) mass is 233 g/mol. The lowest BCUT2D eigenvalue weighted by Crippen LogP contribution is -2.43. The highest BCUT2D eigenvalue weighted by Gasteiger charge is 2.41. The highest BCUT2D eigenvalue weighted by molar-refractivity contribution is 5.76. The number of rotatable bonds is 3. The summed E-state index contributed by atoms with van der Waals surface area (Å²) in [6.45, 7) is 0. The Labute approximate surface area is 98.3 Å². The van der Waals surface area contributed by atoms with E-state index < -0.39 is 17.7 Å². The van der Waals surface area contributed by atoms with Crippen molar-refractivity contribution in [1.82, 2.24) is 0 Å². The van der Waals surface area contributed by atoms with Gasteiger partial charge < -0.3 is 10.4 Å². The van der Waals surface area contributed by atoms with Crippen LogP contribution in [0.3, 0.4) is 0 Å². The first-order valence-corrected chi connectivity index (χ1v) is 5.23. The molecule has 0 aliphatic heterocycles. The standard InChI is InChI=1S/C13H12FNO2/c14-13(15-10-6-2-1-3-7-10)9-5-4-8-11(13)12(16)17/h1-9,11,15H,(H,16,17). The second-order valence-corrected chi connectivity index (χ2v) is 3.82. The van der Waals surface area contributed by atoms with Crippen LogP contribution in [0.1, 0.15) is 0 Å². The van der Waals surface area contributed by atoms with Gasteiger partial charge in [-0.2, -0.15) is 0 Å². The molecule has 0 saturated heterocycles. The van der Waals surface area contributed by atoms with E-state index in [-0.39, 0.29) is 0 Å². The van der Waals surface area contributed by atoms with Crippen LogP contribution in [0, 0.1) is 5.92 Å². The molecule has 1 aromatic carbocycles. The van der Waals surface area contributed by atoms with Gasteiger partial charge in [-0.05, 0) is 18.2 Å². The molecule has 2 unspecified atom stereocenters. The fraction of sp³-hybridized carbons (Fsp3) is 0.154. The highest BCUT2D eigenvalue weighted by atomic mass is 19.1. The maximum Gasteiger partial charge on any atom is 0.315 e. The van der Waals surface area contributed by atoms with Crippen molar-refractivity contribution in [3.63, 3.8) is 0 Å². The smallest absolute Gasteiger partial charge is 0.315 e. The minimum Gasteiger partial charge on any atom is -0.481 e. The molecule has 2 rings (SSSR count). The van der Waals surface area contributed by atoms with Crippen molar-refractivity contribution in [3.05, 3.63) is 54.6 Å². The molecule has 2 N–H and O–H groups in total. The number of hydrogen-bond donors (Lipinski definition) is 2. The summed E-state index contributed by atoms with van der Waals surface area (Å²) in [5, 5.41) is 11.6. The van der Waals surface area contributed by atoms with Crippen molar-refractivity contribution >= 4 is 11.7 Å². The van der Waals surface area contributed by atoms with Gasteiger partial charge >= 0.3 is 5.97 Å². The highest BCUT2D eigenvalue weighted by Crippen LogP contribution is 2.30. The van der Waals surface area contributed by atoms with E-state index in [4.69, 9.17) is 5.11 Å². The van der Waals surface area contributed by atoms with Gasteiger partial charge in [0.1, 0.15) is 5.92 Å². The number of anilines is 1. The van der Waals surface area contributed by atoms with Gasteiger partial charge in [0.25, 0.3) is 0 Å². The van der Waals surface area contributed by atoms with Crippen LogP contribution in [-0.2, 0) is 4.79 Å². The molecule has 0 spiro atoms. The molecule has 2 atom stereocenters. The lowest BCUT2D eigenvalue weighted by atomic mass is 9.92. The van der Waals surface area contributed by atoms with Crippen LogP contribution in [0.25, 0.3) is 0 Å². The van der Waals surface area contributed by atoms with Crippen molar-refractivity contribution < 1.29 is 14.3 Å². The van der Waals surface area contributed by atoms with Gasteiger partial charge in [-0.25, -0.2) is 4.39 Å². The predicted octanol–water partition coefficient (Wildman–Crippen LogP) is 2.59. The summed E-state index contributed by atoms with van der Waals surface area (Å²) in [7, 11) is 0. The van der Waals surface area contributed by atoms with Crippen LogP contribution in [-0.4, -0.2) is 16.9 Å². The number of halogens is 1. The lowest BCUT2D eigenvalue weighted by Gasteiger charge is -2.30. The first kappa shape index (κ1) is 11.4. The molecule has 0 heterocycles. The van der Waals surface area contributed by atoms with E-state index in [1.165, 1.54) is 24.3 Å². The second kappa shape index (κ2) is 4.41. The van der Waals surface area contributed by atoms with E-state index in [0.29, 0.717) is 5.69 Å². The molecule has 4 heteroatoms. The number of carbonyl (C=O) groups is 1. The zero-order valence-electron chi connectivity index (χ0n) is 9.01. The molecule has 1 aromatic rings. The van der Waals surface area contributed by atoms with E-state index in [2.05, 4.69) is 5.32 Å². The van der Waals surface area contributed by atoms with Crippen molar-refractivity contribution in [1.29, 1.82) is 0 Å². The van der Waals surface area contributed by atoms with Crippen molar-refractivity contribution in [2.45, 2.75) is 5.79 Å². The summed E-state index contributed by atoms with van der Waals surface area (Å²) in [6, 6.07) is 8.69. The molecule has 1 aliphatic rings. The van der Waals surface area contributed by atoms with E-state index in [1.807, 2.05) is 0 Å². The van der Waals surface area contributed by atoms with E-state index >= 15 is 0 Å². The SMILES string of the molecule is O=C(O)C1C=CC=CC1(F)Nc1ccccc1. The normalized spacial score (nSPS) is 26.8. The predicted molar refractivity (Wildman–Crippen MR) is 63.3 cm³/mol. The molecule has 17 heavy (non-hydrogen) atoms. The lowest BCUT2D eigenvalue weighted by molar-refractivity contribution is -0.143. The third-order valence-electron chi connectivity index (χ3n) is 2.58. The number of benzene rings is 1. The molecular weight excluding hydrogens is 221 g/mol. The number of nitrogens with one attached hydrogen (secondary N) is 1. The Morgan fingerprint density at radius 1 is 1.29 bits per heavy atom. The fourth-order valence-electron chi connectivity index (χ4n) is 1.74. The minimum absolute atomic E-state index is 0.543. The molecule has 0 radical (unpaired) electrons. The average Bonchev–Trinajstić information content (AvgIpc) is 2.30. The Balaban J connectivity index is 2.25. The summed E-state index contributed by atoms with van der Waals surface area (Å²) < 4.78 is 14.5. The van der Waals surface area contributed by atoms with Gasteiger partial charge in [0.15, 0.2) is 0 Å². The van der Waals surface area contributed by atoms with E-state index in [1.54, 1.807) is 30.3 Å². The van der Waals surface area contributed by atoms with E-state index in [0.717, 1.165) is 0 Å². The first-order chi connectivity index (χ1) is 8.12. The summed E-state index contributed by atoms with van der Waals surface area (Å²) in [5.74, 6) is -4.52. The van der Waals surface area contributed by atoms with Gasteiger partial charge in [0.05, 0.1) is 0 Å². The van der Waals surface area contributed by atoms with Crippen LogP contribution in [0.15, 0.2) is 54.6 Å². The van der Waals surface area contributed by atoms with Gasteiger partial charge in [0, 0.05) is 5.69 Å². The van der Waals surface area contributed by atoms with Crippen LogP contribution in [0.5, 0.6) is 0 Å². The van der Waals surface area contributed by atoms with Gasteiger partial charge in [-0.1, -0.05) is 36.4 Å². The number of carboxylic acid groups (broad SMARTS) is 1. The Morgan fingerprint density at radius 2 is 2.00 bits per heavy atom. The largest absolute Gasteiger partial charge is 0.481 e. The number of hydrogen-bond acceptors (Lipinski definition) is 2. The van der Waals surface area contributed by atoms with Gasteiger partial charge in [-0.3, -0.25) is 4.79 Å². The average molecular weight is 233 g/mol. The Morgan fingerprint density at radius 3 is 2.65 bits per heavy atom. The topological polar surface area (TPSA) is 49.3 Å². The van der Waals surface area contributed by atoms with Crippen LogP contribution < -0.4 is 5.32 Å². The zero-order chi connectivity index (χ0) is 12.3. The summed E-state index contributed by atoms with van der Waals surface area (Å²) >= 11 is 0. The number of allylic oxidation sites excluding steroid dienone is 2. The molecular formula is C13H12FNO2. The zero-order valence-corrected chi connectivity index (χ0v) is 9.01. The number of aliphatic carboxylic acids is 1. The first-order valence-electron chi connectivity index (χ1n) is 5.23. The maximum atomic E-state index is 14.5. The molecule has 0 fully saturated rings.